The van der Waals surface area contributed by atoms with E-state index in [0.29, 0.717) is 11.5 Å². The molecule has 166 valence electrons. The number of nitrogens with zero attached hydrogens (tertiary/aromatic N) is 3. The highest BCUT2D eigenvalue weighted by atomic mass is 32.2. The number of nitrogen functional groups attached to an aromatic ring is 1. The molecule has 0 aliphatic rings. The van der Waals surface area contributed by atoms with Gasteiger partial charge in [-0.2, -0.15) is 5.10 Å². The van der Waals surface area contributed by atoms with E-state index in [1.807, 2.05) is 43.4 Å². The molecule has 0 saturated carbocycles. The summed E-state index contributed by atoms with van der Waals surface area (Å²) >= 11 is 0. The number of pyridine rings is 1. The molecule has 0 atom stereocenters. The molecule has 4 rings (SSSR count). The number of rotatable bonds is 5. The molecule has 0 saturated heterocycles. The summed E-state index contributed by atoms with van der Waals surface area (Å²) in [5.74, 6) is 0.333. The van der Waals surface area contributed by atoms with Gasteiger partial charge >= 0.3 is 0 Å². The Morgan fingerprint density at radius 3 is 2.31 bits per heavy atom. The van der Waals surface area contributed by atoms with Crippen LogP contribution < -0.4 is 10.5 Å². The number of aryl methyl sites for hydroxylation is 1. The van der Waals surface area contributed by atoms with Crippen LogP contribution in [0.2, 0.25) is 0 Å². The summed E-state index contributed by atoms with van der Waals surface area (Å²) in [5.41, 5.74) is 10.8. The van der Waals surface area contributed by atoms with Crippen molar-refractivity contribution in [2.45, 2.75) is 31.9 Å². The van der Waals surface area contributed by atoms with E-state index < -0.39 is 10.0 Å². The minimum Gasteiger partial charge on any atom is -0.382 e. The monoisotopic (exact) mass is 449 g/mol. The first-order valence-corrected chi connectivity index (χ1v) is 12.0. The molecule has 3 N–H and O–H groups in total. The van der Waals surface area contributed by atoms with Crippen LogP contribution in [0.15, 0.2) is 60.7 Å². The highest BCUT2D eigenvalue weighted by Crippen LogP contribution is 2.35. The average molecular weight is 450 g/mol. The third-order valence-electron chi connectivity index (χ3n) is 5.26. The van der Waals surface area contributed by atoms with Crippen molar-refractivity contribution in [1.82, 2.24) is 14.8 Å². The van der Waals surface area contributed by atoms with Gasteiger partial charge in [0, 0.05) is 23.8 Å². The number of fused-ring (bicyclic) bond motifs is 1. The van der Waals surface area contributed by atoms with Crippen molar-refractivity contribution < 1.29 is 8.42 Å². The van der Waals surface area contributed by atoms with Gasteiger partial charge in [0.25, 0.3) is 0 Å². The quantitative estimate of drug-likeness (QED) is 0.468. The van der Waals surface area contributed by atoms with Gasteiger partial charge in [-0.05, 0) is 34.9 Å². The van der Waals surface area contributed by atoms with Crippen LogP contribution in [0.3, 0.4) is 0 Å². The zero-order valence-electron chi connectivity index (χ0n) is 18.6. The van der Waals surface area contributed by atoms with E-state index in [-0.39, 0.29) is 11.2 Å². The van der Waals surface area contributed by atoms with Gasteiger partial charge in [-0.15, -0.1) is 0 Å². The molecule has 2 aromatic heterocycles. The van der Waals surface area contributed by atoms with Gasteiger partial charge in [0.2, 0.25) is 10.0 Å². The molecular formula is C24H27N5O2S. The molecule has 2 aromatic carbocycles. The highest BCUT2D eigenvalue weighted by molar-refractivity contribution is 7.91. The van der Waals surface area contributed by atoms with Crippen molar-refractivity contribution in [2.75, 3.05) is 10.5 Å². The van der Waals surface area contributed by atoms with E-state index in [1.165, 1.54) is 0 Å². The van der Waals surface area contributed by atoms with Crippen molar-refractivity contribution in [2.24, 2.45) is 7.05 Å². The van der Waals surface area contributed by atoms with Gasteiger partial charge in [-0.25, -0.2) is 18.1 Å². The van der Waals surface area contributed by atoms with E-state index in [9.17, 15) is 8.42 Å². The second-order valence-corrected chi connectivity index (χ2v) is 10.7. The maximum absolute atomic E-state index is 12.6. The SMILES string of the molecule is Cn1nc(N)c2c(-c3ccc(NS(=O)(=O)Cc4ccccc4)cc3)cc(C(C)(C)C)nc21. The molecule has 8 heteroatoms. The van der Waals surface area contributed by atoms with E-state index in [1.54, 1.807) is 28.9 Å². The fourth-order valence-electron chi connectivity index (χ4n) is 3.62. The third kappa shape index (κ3) is 4.45. The van der Waals surface area contributed by atoms with Gasteiger partial charge in [0.1, 0.15) is 0 Å². The second kappa shape index (κ2) is 7.94. The van der Waals surface area contributed by atoms with Crippen LogP contribution in [-0.4, -0.2) is 23.2 Å². The molecule has 0 spiro atoms. The Morgan fingerprint density at radius 2 is 1.69 bits per heavy atom. The maximum Gasteiger partial charge on any atom is 0.236 e. The van der Waals surface area contributed by atoms with Gasteiger partial charge < -0.3 is 5.73 Å². The Hall–Kier alpha value is -3.39. The molecule has 0 unspecified atom stereocenters. The van der Waals surface area contributed by atoms with Crippen LogP contribution in [-0.2, 0) is 28.2 Å². The number of benzene rings is 2. The molecule has 32 heavy (non-hydrogen) atoms. The topological polar surface area (TPSA) is 103 Å². The first-order valence-electron chi connectivity index (χ1n) is 10.3. The minimum absolute atomic E-state index is 0.0816. The normalized spacial score (nSPS) is 12.2. The van der Waals surface area contributed by atoms with E-state index >= 15 is 0 Å². The molecule has 0 radical (unpaired) electrons. The van der Waals surface area contributed by atoms with Crippen molar-refractivity contribution >= 4 is 32.6 Å². The lowest BCUT2D eigenvalue weighted by Gasteiger charge is -2.19. The summed E-state index contributed by atoms with van der Waals surface area (Å²) in [5, 5.41) is 5.14. The van der Waals surface area contributed by atoms with Gasteiger partial charge in [0.15, 0.2) is 11.5 Å². The molecule has 0 aliphatic carbocycles. The smallest absolute Gasteiger partial charge is 0.236 e. The minimum atomic E-state index is -3.52. The first-order chi connectivity index (χ1) is 15.0. The number of nitrogens with one attached hydrogen (secondary N) is 1. The Bertz CT molecular complexity index is 1370. The summed E-state index contributed by atoms with van der Waals surface area (Å²) in [6, 6.07) is 18.4. The summed E-state index contributed by atoms with van der Waals surface area (Å²) < 4.78 is 29.5. The van der Waals surface area contributed by atoms with E-state index in [4.69, 9.17) is 10.7 Å². The zero-order valence-corrected chi connectivity index (χ0v) is 19.4. The lowest BCUT2D eigenvalue weighted by Crippen LogP contribution is -2.15. The summed E-state index contributed by atoms with van der Waals surface area (Å²) in [7, 11) is -1.70. The van der Waals surface area contributed by atoms with Gasteiger partial charge in [0.05, 0.1) is 11.1 Å². The fraction of sp³-hybridized carbons (Fsp3) is 0.250. The third-order valence-corrected chi connectivity index (χ3v) is 6.52. The number of nitrogens with two attached hydrogens (primary N) is 1. The van der Waals surface area contributed by atoms with Crippen molar-refractivity contribution in [3.8, 4) is 11.1 Å². The fourth-order valence-corrected chi connectivity index (χ4v) is 4.81. The molecule has 0 bridgehead atoms. The largest absolute Gasteiger partial charge is 0.382 e. The van der Waals surface area contributed by atoms with Crippen molar-refractivity contribution in [3.05, 3.63) is 71.9 Å². The number of hydrogen-bond acceptors (Lipinski definition) is 5. The predicted molar refractivity (Wildman–Crippen MR) is 130 cm³/mol. The molecule has 4 aromatic rings. The molecule has 0 amide bonds. The molecule has 7 nitrogen and oxygen atoms in total. The van der Waals surface area contributed by atoms with E-state index in [2.05, 4.69) is 30.6 Å². The van der Waals surface area contributed by atoms with Gasteiger partial charge in [-0.3, -0.25) is 4.72 Å². The van der Waals surface area contributed by atoms with Crippen molar-refractivity contribution in [1.29, 1.82) is 0 Å². The molecule has 0 fully saturated rings. The van der Waals surface area contributed by atoms with Crippen LogP contribution >= 0.6 is 0 Å². The number of sulfonamides is 1. The Balaban J connectivity index is 1.69. The molecule has 2 heterocycles. The number of hydrogen-bond donors (Lipinski definition) is 2. The lowest BCUT2D eigenvalue weighted by atomic mass is 9.89. The average Bonchev–Trinajstić information content (AvgIpc) is 3.01. The van der Waals surface area contributed by atoms with Crippen LogP contribution in [0.25, 0.3) is 22.2 Å². The summed E-state index contributed by atoms with van der Waals surface area (Å²) in [4.78, 5) is 4.79. The second-order valence-electron chi connectivity index (χ2n) is 8.94. The number of aromatic nitrogens is 3. The van der Waals surface area contributed by atoms with Gasteiger partial charge in [-0.1, -0.05) is 63.2 Å². The summed E-state index contributed by atoms with van der Waals surface area (Å²) in [6.45, 7) is 6.32. The Kier molecular flexibility index (Phi) is 5.42. The predicted octanol–water partition coefficient (Wildman–Crippen LogP) is 4.46. The summed E-state index contributed by atoms with van der Waals surface area (Å²) in [6.07, 6.45) is 0. The highest BCUT2D eigenvalue weighted by Gasteiger charge is 2.22. The van der Waals surface area contributed by atoms with Crippen LogP contribution in [0.4, 0.5) is 11.5 Å². The zero-order chi connectivity index (χ0) is 23.1. The van der Waals surface area contributed by atoms with Crippen LogP contribution in [0, 0.1) is 0 Å². The molecule has 0 aliphatic heterocycles. The van der Waals surface area contributed by atoms with Crippen LogP contribution in [0.5, 0.6) is 0 Å². The molecular weight excluding hydrogens is 422 g/mol. The Morgan fingerprint density at radius 1 is 1.03 bits per heavy atom. The number of anilines is 2. The van der Waals surface area contributed by atoms with E-state index in [0.717, 1.165) is 33.4 Å². The first kappa shape index (κ1) is 21.8. The maximum atomic E-state index is 12.6. The van der Waals surface area contributed by atoms with Crippen molar-refractivity contribution in [3.63, 3.8) is 0 Å². The lowest BCUT2D eigenvalue weighted by molar-refractivity contribution is 0.570. The van der Waals surface area contributed by atoms with Crippen LogP contribution in [0.1, 0.15) is 32.0 Å². The Labute approximate surface area is 188 Å². The standard InChI is InChI=1S/C24H27N5O2S/c1-24(2,3)20-14-19(21-22(25)27-29(4)23(21)26-20)17-10-12-18(13-11-17)28-32(30,31)15-16-8-6-5-7-9-16/h5-14,28H,15H2,1-4H3,(H2,25,27).